The van der Waals surface area contributed by atoms with Crippen LogP contribution >= 0.6 is 12.2 Å². The van der Waals surface area contributed by atoms with Gasteiger partial charge >= 0.3 is 0 Å². The summed E-state index contributed by atoms with van der Waals surface area (Å²) in [6, 6.07) is 0. The number of aromatic nitrogens is 3. The molecule has 0 bridgehead atoms. The van der Waals surface area contributed by atoms with Gasteiger partial charge in [0.15, 0.2) is 0 Å². The zero-order valence-corrected chi connectivity index (χ0v) is 13.2. The van der Waals surface area contributed by atoms with E-state index in [0.29, 0.717) is 10.9 Å². The second-order valence-electron chi connectivity index (χ2n) is 5.38. The van der Waals surface area contributed by atoms with Crippen LogP contribution < -0.4 is 5.73 Å². The van der Waals surface area contributed by atoms with Crippen molar-refractivity contribution in [1.29, 1.82) is 0 Å². The van der Waals surface area contributed by atoms with Gasteiger partial charge in [0.1, 0.15) is 12.2 Å². The van der Waals surface area contributed by atoms with Crippen molar-refractivity contribution in [2.75, 3.05) is 13.1 Å². The molecule has 0 aliphatic carbocycles. The molecule has 0 spiro atoms. The standard InChI is InChI=1S/C13H25N5S/c1-5-17(7-11(4)13(14)19)8-12-15-9-16-18(12)6-10(2)3/h9-11H,5-8H2,1-4H3,(H2,14,19). The van der Waals surface area contributed by atoms with Crippen molar-refractivity contribution in [3.8, 4) is 0 Å². The molecule has 0 amide bonds. The Morgan fingerprint density at radius 2 is 2.16 bits per heavy atom. The highest BCUT2D eigenvalue weighted by Gasteiger charge is 2.14. The quantitative estimate of drug-likeness (QED) is 0.736. The number of nitrogens with two attached hydrogens (primary N) is 1. The summed E-state index contributed by atoms with van der Waals surface area (Å²) in [5, 5.41) is 4.29. The number of thiocarbonyl (C=S) groups is 1. The lowest BCUT2D eigenvalue weighted by molar-refractivity contribution is 0.250. The van der Waals surface area contributed by atoms with Gasteiger partial charge in [-0.1, -0.05) is 39.9 Å². The number of rotatable bonds is 8. The first-order chi connectivity index (χ1) is 8.93. The van der Waals surface area contributed by atoms with Crippen LogP contribution in [0.15, 0.2) is 6.33 Å². The summed E-state index contributed by atoms with van der Waals surface area (Å²) < 4.78 is 1.98. The van der Waals surface area contributed by atoms with Crippen LogP contribution in [0, 0.1) is 11.8 Å². The molecule has 108 valence electrons. The molecule has 0 saturated heterocycles. The molecule has 0 fully saturated rings. The van der Waals surface area contributed by atoms with E-state index in [0.717, 1.165) is 32.0 Å². The van der Waals surface area contributed by atoms with Gasteiger partial charge in [0.05, 0.1) is 11.5 Å². The summed E-state index contributed by atoms with van der Waals surface area (Å²) in [5.74, 6) is 1.79. The summed E-state index contributed by atoms with van der Waals surface area (Å²) in [6.07, 6.45) is 1.63. The molecule has 1 heterocycles. The molecule has 0 aliphatic heterocycles. The molecule has 19 heavy (non-hydrogen) atoms. The largest absolute Gasteiger partial charge is 0.393 e. The fourth-order valence-electron chi connectivity index (χ4n) is 1.89. The highest BCUT2D eigenvalue weighted by atomic mass is 32.1. The van der Waals surface area contributed by atoms with Gasteiger partial charge in [0.2, 0.25) is 0 Å². The number of hydrogen-bond donors (Lipinski definition) is 1. The van der Waals surface area contributed by atoms with Crippen molar-refractivity contribution < 1.29 is 0 Å². The van der Waals surface area contributed by atoms with E-state index in [9.17, 15) is 0 Å². The third-order valence-electron chi connectivity index (χ3n) is 3.06. The maximum atomic E-state index is 5.68. The highest BCUT2D eigenvalue weighted by Crippen LogP contribution is 2.07. The summed E-state index contributed by atoms with van der Waals surface area (Å²) >= 11 is 5.03. The van der Waals surface area contributed by atoms with Gasteiger partial charge < -0.3 is 5.73 Å². The SMILES string of the molecule is CCN(Cc1ncnn1CC(C)C)CC(C)C(N)=S. The minimum absolute atomic E-state index is 0.219. The van der Waals surface area contributed by atoms with Crippen molar-refractivity contribution >= 4 is 17.2 Å². The molecular weight excluding hydrogens is 258 g/mol. The molecule has 1 unspecified atom stereocenters. The van der Waals surface area contributed by atoms with Gasteiger partial charge in [-0.05, 0) is 12.5 Å². The Hall–Kier alpha value is -1.01. The molecule has 0 radical (unpaired) electrons. The molecule has 0 aromatic carbocycles. The van der Waals surface area contributed by atoms with E-state index in [-0.39, 0.29) is 5.92 Å². The molecular formula is C13H25N5S. The Labute approximate surface area is 121 Å². The molecule has 5 nitrogen and oxygen atoms in total. The minimum atomic E-state index is 0.219. The van der Waals surface area contributed by atoms with Crippen LogP contribution in [-0.4, -0.2) is 37.7 Å². The predicted octanol–water partition coefficient (Wildman–Crippen LogP) is 1.68. The Morgan fingerprint density at radius 1 is 1.47 bits per heavy atom. The van der Waals surface area contributed by atoms with Crippen molar-refractivity contribution in [3.63, 3.8) is 0 Å². The topological polar surface area (TPSA) is 60.0 Å². The van der Waals surface area contributed by atoms with Crippen molar-refractivity contribution in [1.82, 2.24) is 19.7 Å². The van der Waals surface area contributed by atoms with Gasteiger partial charge in [-0.3, -0.25) is 4.90 Å². The van der Waals surface area contributed by atoms with E-state index < -0.39 is 0 Å². The minimum Gasteiger partial charge on any atom is -0.393 e. The fourth-order valence-corrected chi connectivity index (χ4v) is 1.97. The summed E-state index contributed by atoms with van der Waals surface area (Å²) in [6.45, 7) is 12.0. The van der Waals surface area contributed by atoms with E-state index in [1.165, 1.54) is 0 Å². The van der Waals surface area contributed by atoms with Gasteiger partial charge in [-0.25, -0.2) is 9.67 Å². The zero-order chi connectivity index (χ0) is 14.4. The third kappa shape index (κ3) is 5.24. The average Bonchev–Trinajstić information content (AvgIpc) is 2.74. The van der Waals surface area contributed by atoms with Gasteiger partial charge in [0.25, 0.3) is 0 Å². The Balaban J connectivity index is 2.65. The molecule has 0 saturated carbocycles. The average molecular weight is 283 g/mol. The summed E-state index contributed by atoms with van der Waals surface area (Å²) in [7, 11) is 0. The maximum Gasteiger partial charge on any atom is 0.141 e. The van der Waals surface area contributed by atoms with Gasteiger partial charge in [-0.15, -0.1) is 0 Å². The normalized spacial score (nSPS) is 13.2. The van der Waals surface area contributed by atoms with E-state index in [1.807, 2.05) is 4.68 Å². The van der Waals surface area contributed by atoms with Crippen LogP contribution in [0.1, 0.15) is 33.5 Å². The first-order valence-corrected chi connectivity index (χ1v) is 7.23. The number of nitrogens with zero attached hydrogens (tertiary/aromatic N) is 4. The van der Waals surface area contributed by atoms with Crippen LogP contribution in [-0.2, 0) is 13.1 Å². The number of hydrogen-bond acceptors (Lipinski definition) is 4. The Bertz CT molecular complexity index is 401. The van der Waals surface area contributed by atoms with Crippen molar-refractivity contribution in [3.05, 3.63) is 12.2 Å². The van der Waals surface area contributed by atoms with Crippen LogP contribution in [0.3, 0.4) is 0 Å². The summed E-state index contributed by atoms with van der Waals surface area (Å²) in [5.41, 5.74) is 5.68. The van der Waals surface area contributed by atoms with Crippen LogP contribution in [0.5, 0.6) is 0 Å². The maximum absolute atomic E-state index is 5.68. The van der Waals surface area contributed by atoms with Crippen molar-refractivity contribution in [2.24, 2.45) is 17.6 Å². The third-order valence-corrected chi connectivity index (χ3v) is 3.47. The highest BCUT2D eigenvalue weighted by molar-refractivity contribution is 7.80. The van der Waals surface area contributed by atoms with E-state index in [2.05, 4.69) is 42.7 Å². The van der Waals surface area contributed by atoms with E-state index in [4.69, 9.17) is 18.0 Å². The Morgan fingerprint density at radius 3 is 2.68 bits per heavy atom. The van der Waals surface area contributed by atoms with Gasteiger partial charge in [0, 0.05) is 19.0 Å². The van der Waals surface area contributed by atoms with Gasteiger partial charge in [-0.2, -0.15) is 5.10 Å². The first-order valence-electron chi connectivity index (χ1n) is 6.82. The lowest BCUT2D eigenvalue weighted by Gasteiger charge is -2.23. The van der Waals surface area contributed by atoms with Crippen LogP contribution in [0.4, 0.5) is 0 Å². The van der Waals surface area contributed by atoms with Crippen LogP contribution in [0.2, 0.25) is 0 Å². The monoisotopic (exact) mass is 283 g/mol. The molecule has 1 atom stereocenters. The molecule has 1 aromatic heterocycles. The predicted molar refractivity (Wildman–Crippen MR) is 81.8 cm³/mol. The van der Waals surface area contributed by atoms with Crippen LogP contribution in [0.25, 0.3) is 0 Å². The summed E-state index contributed by atoms with van der Waals surface area (Å²) in [4.78, 5) is 7.22. The lowest BCUT2D eigenvalue weighted by atomic mass is 10.1. The second-order valence-corrected chi connectivity index (χ2v) is 5.85. The smallest absolute Gasteiger partial charge is 0.141 e. The lowest BCUT2D eigenvalue weighted by Crippen LogP contribution is -2.34. The molecule has 2 N–H and O–H groups in total. The molecule has 1 aromatic rings. The zero-order valence-electron chi connectivity index (χ0n) is 12.3. The first kappa shape index (κ1) is 16.0. The molecule has 6 heteroatoms. The van der Waals surface area contributed by atoms with E-state index >= 15 is 0 Å². The molecule has 1 rings (SSSR count). The Kier molecular flexibility index (Phi) is 6.37. The van der Waals surface area contributed by atoms with E-state index in [1.54, 1.807) is 6.33 Å². The second kappa shape index (κ2) is 7.55. The molecule has 0 aliphatic rings. The fraction of sp³-hybridized carbons (Fsp3) is 0.769. The van der Waals surface area contributed by atoms with Crippen molar-refractivity contribution in [2.45, 2.75) is 40.8 Å².